The SMILES string of the molecule is COC(=O)c1cc(N2CCOCC2)ccc1NC(=O)C(C)CN. The Balaban J connectivity index is 2.27. The van der Waals surface area contributed by atoms with Gasteiger partial charge in [0.1, 0.15) is 0 Å². The molecule has 0 spiro atoms. The molecule has 1 fully saturated rings. The lowest BCUT2D eigenvalue weighted by Gasteiger charge is -2.29. The zero-order chi connectivity index (χ0) is 16.8. The van der Waals surface area contributed by atoms with Crippen molar-refractivity contribution in [2.75, 3.05) is 50.2 Å². The molecule has 7 heteroatoms. The van der Waals surface area contributed by atoms with Crippen LogP contribution in [0, 0.1) is 5.92 Å². The molecule has 0 bridgehead atoms. The molecule has 0 aromatic heterocycles. The number of morpholine rings is 1. The topological polar surface area (TPSA) is 93.9 Å². The van der Waals surface area contributed by atoms with Gasteiger partial charge in [0.25, 0.3) is 0 Å². The zero-order valence-electron chi connectivity index (χ0n) is 13.5. The minimum atomic E-state index is -0.490. The highest BCUT2D eigenvalue weighted by Crippen LogP contribution is 2.25. The van der Waals surface area contributed by atoms with Crippen LogP contribution in [-0.2, 0) is 14.3 Å². The number of nitrogens with zero attached hydrogens (tertiary/aromatic N) is 1. The van der Waals surface area contributed by atoms with Gasteiger partial charge in [0, 0.05) is 31.2 Å². The number of methoxy groups -OCH3 is 1. The van der Waals surface area contributed by atoms with E-state index in [4.69, 9.17) is 15.2 Å². The minimum Gasteiger partial charge on any atom is -0.465 e. The Labute approximate surface area is 135 Å². The Kier molecular flexibility index (Phi) is 5.95. The Morgan fingerprint density at radius 1 is 1.39 bits per heavy atom. The van der Waals surface area contributed by atoms with E-state index in [1.807, 2.05) is 6.07 Å². The van der Waals surface area contributed by atoms with Crippen LogP contribution in [-0.4, -0.2) is 51.8 Å². The maximum absolute atomic E-state index is 12.0. The fourth-order valence-corrected chi connectivity index (χ4v) is 2.30. The van der Waals surface area contributed by atoms with E-state index in [9.17, 15) is 9.59 Å². The second kappa shape index (κ2) is 7.94. The molecule has 126 valence electrons. The van der Waals surface area contributed by atoms with Crippen molar-refractivity contribution in [3.05, 3.63) is 23.8 Å². The molecule has 1 saturated heterocycles. The molecule has 1 unspecified atom stereocenters. The van der Waals surface area contributed by atoms with Crippen molar-refractivity contribution in [1.29, 1.82) is 0 Å². The lowest BCUT2D eigenvalue weighted by atomic mass is 10.1. The molecule has 1 heterocycles. The highest BCUT2D eigenvalue weighted by Gasteiger charge is 2.19. The molecule has 0 radical (unpaired) electrons. The molecule has 2 rings (SSSR count). The second-order valence-corrected chi connectivity index (χ2v) is 5.45. The summed E-state index contributed by atoms with van der Waals surface area (Å²) in [5.74, 6) is -1.05. The minimum absolute atomic E-state index is 0.225. The lowest BCUT2D eigenvalue weighted by molar-refractivity contribution is -0.119. The molecule has 1 aliphatic rings. The summed E-state index contributed by atoms with van der Waals surface area (Å²) in [4.78, 5) is 26.2. The lowest BCUT2D eigenvalue weighted by Crippen LogP contribution is -2.36. The Morgan fingerprint density at radius 3 is 2.70 bits per heavy atom. The van der Waals surface area contributed by atoms with Gasteiger partial charge < -0.3 is 25.4 Å². The fraction of sp³-hybridized carbons (Fsp3) is 0.500. The quantitative estimate of drug-likeness (QED) is 0.781. The van der Waals surface area contributed by atoms with E-state index < -0.39 is 5.97 Å². The Hall–Kier alpha value is -2.12. The summed E-state index contributed by atoms with van der Waals surface area (Å²) >= 11 is 0. The molecule has 1 aromatic rings. The van der Waals surface area contributed by atoms with E-state index in [1.54, 1.807) is 19.1 Å². The summed E-state index contributed by atoms with van der Waals surface area (Å²) < 4.78 is 10.2. The van der Waals surface area contributed by atoms with Crippen LogP contribution in [0.4, 0.5) is 11.4 Å². The van der Waals surface area contributed by atoms with Crippen molar-refractivity contribution in [1.82, 2.24) is 0 Å². The van der Waals surface area contributed by atoms with Crippen LogP contribution in [0.1, 0.15) is 17.3 Å². The van der Waals surface area contributed by atoms with Crippen LogP contribution in [0.3, 0.4) is 0 Å². The number of ether oxygens (including phenoxy) is 2. The zero-order valence-corrected chi connectivity index (χ0v) is 13.5. The van der Waals surface area contributed by atoms with E-state index in [-0.39, 0.29) is 18.4 Å². The first-order valence-corrected chi connectivity index (χ1v) is 7.62. The molecule has 1 amide bonds. The molecule has 1 aliphatic heterocycles. The maximum atomic E-state index is 12.0. The normalized spacial score (nSPS) is 15.9. The number of nitrogens with two attached hydrogens (primary N) is 1. The van der Waals surface area contributed by atoms with Crippen molar-refractivity contribution in [3.8, 4) is 0 Å². The van der Waals surface area contributed by atoms with Crippen molar-refractivity contribution < 1.29 is 19.1 Å². The third-order valence-corrected chi connectivity index (χ3v) is 3.84. The van der Waals surface area contributed by atoms with Gasteiger partial charge in [-0.1, -0.05) is 6.92 Å². The van der Waals surface area contributed by atoms with Gasteiger partial charge >= 0.3 is 5.97 Å². The van der Waals surface area contributed by atoms with Crippen LogP contribution in [0.15, 0.2) is 18.2 Å². The Morgan fingerprint density at radius 2 is 2.09 bits per heavy atom. The predicted molar refractivity (Wildman–Crippen MR) is 87.7 cm³/mol. The van der Waals surface area contributed by atoms with Crippen LogP contribution >= 0.6 is 0 Å². The number of anilines is 2. The first kappa shape index (κ1) is 17.2. The molecule has 0 aliphatic carbocycles. The van der Waals surface area contributed by atoms with E-state index in [0.29, 0.717) is 24.5 Å². The van der Waals surface area contributed by atoms with Gasteiger partial charge in [0.2, 0.25) is 5.91 Å². The number of carbonyl (C=O) groups is 2. The summed E-state index contributed by atoms with van der Waals surface area (Å²) in [5, 5.41) is 2.74. The summed E-state index contributed by atoms with van der Waals surface area (Å²) in [6.07, 6.45) is 0. The van der Waals surface area contributed by atoms with Gasteiger partial charge in [-0.05, 0) is 18.2 Å². The number of rotatable bonds is 5. The molecule has 3 N–H and O–H groups in total. The first-order chi connectivity index (χ1) is 11.1. The highest BCUT2D eigenvalue weighted by molar-refractivity contribution is 6.02. The third-order valence-electron chi connectivity index (χ3n) is 3.84. The number of amides is 1. The average Bonchev–Trinajstić information content (AvgIpc) is 2.61. The van der Waals surface area contributed by atoms with Gasteiger partial charge in [-0.2, -0.15) is 0 Å². The third kappa shape index (κ3) is 4.20. The molecule has 23 heavy (non-hydrogen) atoms. The van der Waals surface area contributed by atoms with Crippen molar-refractivity contribution in [3.63, 3.8) is 0 Å². The molecule has 0 saturated carbocycles. The summed E-state index contributed by atoms with van der Waals surface area (Å²) in [5.41, 5.74) is 7.16. The number of hydrogen-bond acceptors (Lipinski definition) is 6. The van der Waals surface area contributed by atoms with Crippen molar-refractivity contribution in [2.24, 2.45) is 11.7 Å². The number of nitrogens with one attached hydrogen (secondary N) is 1. The second-order valence-electron chi connectivity index (χ2n) is 5.45. The molecule has 1 atom stereocenters. The summed E-state index contributed by atoms with van der Waals surface area (Å²) in [6.45, 7) is 4.80. The summed E-state index contributed by atoms with van der Waals surface area (Å²) in [7, 11) is 1.32. The maximum Gasteiger partial charge on any atom is 0.340 e. The fourth-order valence-electron chi connectivity index (χ4n) is 2.30. The van der Waals surface area contributed by atoms with Gasteiger partial charge in [0.15, 0.2) is 0 Å². The number of carbonyl (C=O) groups excluding carboxylic acids is 2. The van der Waals surface area contributed by atoms with Gasteiger partial charge in [-0.25, -0.2) is 4.79 Å². The summed E-state index contributed by atoms with van der Waals surface area (Å²) in [6, 6.07) is 5.33. The predicted octanol–water partition coefficient (Wildman–Crippen LogP) is 0.843. The molecule has 7 nitrogen and oxygen atoms in total. The average molecular weight is 321 g/mol. The number of hydrogen-bond donors (Lipinski definition) is 2. The molecular formula is C16H23N3O4. The van der Waals surface area contributed by atoms with Crippen molar-refractivity contribution in [2.45, 2.75) is 6.92 Å². The van der Waals surface area contributed by atoms with Crippen LogP contribution in [0.2, 0.25) is 0 Å². The largest absolute Gasteiger partial charge is 0.465 e. The highest BCUT2D eigenvalue weighted by atomic mass is 16.5. The van der Waals surface area contributed by atoms with E-state index in [0.717, 1.165) is 18.8 Å². The van der Waals surface area contributed by atoms with Crippen molar-refractivity contribution >= 4 is 23.3 Å². The smallest absolute Gasteiger partial charge is 0.340 e. The van der Waals surface area contributed by atoms with Gasteiger partial charge in [-0.15, -0.1) is 0 Å². The molecular weight excluding hydrogens is 298 g/mol. The molecule has 1 aromatic carbocycles. The Bertz CT molecular complexity index is 570. The van der Waals surface area contributed by atoms with E-state index in [2.05, 4.69) is 10.2 Å². The number of benzene rings is 1. The first-order valence-electron chi connectivity index (χ1n) is 7.62. The van der Waals surface area contributed by atoms with Crippen LogP contribution in [0.5, 0.6) is 0 Å². The van der Waals surface area contributed by atoms with Crippen LogP contribution < -0.4 is 16.0 Å². The monoisotopic (exact) mass is 321 g/mol. The van der Waals surface area contributed by atoms with E-state index in [1.165, 1.54) is 7.11 Å². The van der Waals surface area contributed by atoms with Crippen LogP contribution in [0.25, 0.3) is 0 Å². The van der Waals surface area contributed by atoms with Gasteiger partial charge in [-0.3, -0.25) is 4.79 Å². The van der Waals surface area contributed by atoms with Gasteiger partial charge in [0.05, 0.1) is 31.6 Å². The standard InChI is InChI=1S/C16H23N3O4/c1-11(10-17)15(20)18-14-4-3-12(9-13(14)16(21)22-2)19-5-7-23-8-6-19/h3-4,9,11H,5-8,10,17H2,1-2H3,(H,18,20). The number of esters is 1. The van der Waals surface area contributed by atoms with E-state index >= 15 is 0 Å².